The Kier molecular flexibility index (Phi) is 8.20. The molecule has 0 nitrogen and oxygen atoms in total. The van der Waals surface area contributed by atoms with Gasteiger partial charge in [-0.2, -0.15) is 0 Å². The van der Waals surface area contributed by atoms with Crippen LogP contribution in [0, 0.1) is 0 Å². The Bertz CT molecular complexity index is 673. The Hall–Kier alpha value is -0.487. The molecule has 1 radical (unpaired) electrons. The molecule has 0 aliphatic heterocycles. The quantitative estimate of drug-likeness (QED) is 0.477. The monoisotopic (exact) mass is 407 g/mol. The van der Waals surface area contributed by atoms with Gasteiger partial charge in [0.05, 0.1) is 0 Å². The van der Waals surface area contributed by atoms with Gasteiger partial charge in [-0.05, 0) is 11.0 Å². The molecule has 3 heteroatoms. The maximum Gasteiger partial charge on any atom is 3.00 e. The van der Waals surface area contributed by atoms with E-state index in [0.717, 1.165) is 0 Å². The predicted molar refractivity (Wildman–Crippen MR) is 83.7 cm³/mol. The van der Waals surface area contributed by atoms with Crippen LogP contribution in [0.1, 0.15) is 26.3 Å². The third-order valence-corrected chi connectivity index (χ3v) is 3.70. The van der Waals surface area contributed by atoms with Crippen molar-refractivity contribution in [1.82, 2.24) is 0 Å². The van der Waals surface area contributed by atoms with Gasteiger partial charge < -0.3 is 24.8 Å². The third kappa shape index (κ3) is 4.51. The van der Waals surface area contributed by atoms with Crippen LogP contribution in [-0.4, -0.2) is 0 Å². The molecule has 0 amide bonds. The fourth-order valence-electron chi connectivity index (χ4n) is 2.48. The summed E-state index contributed by atoms with van der Waals surface area (Å²) in [4.78, 5) is 0. The van der Waals surface area contributed by atoms with Crippen LogP contribution in [0.5, 0.6) is 0 Å². The molecule has 0 saturated carbocycles. The molecule has 0 saturated heterocycles. The molecule has 0 heterocycles. The van der Waals surface area contributed by atoms with E-state index in [1.165, 1.54) is 27.5 Å². The third-order valence-electron chi connectivity index (χ3n) is 3.70. The topological polar surface area (TPSA) is 0 Å². The van der Waals surface area contributed by atoms with Crippen LogP contribution in [0.25, 0.3) is 21.9 Å². The van der Waals surface area contributed by atoms with E-state index in [1.807, 2.05) is 0 Å². The number of hydrogen-bond donors (Lipinski definition) is 0. The van der Waals surface area contributed by atoms with E-state index < -0.39 is 0 Å². The molecule has 0 N–H and O–H groups in total. The molecule has 113 valence electrons. The number of hydrogen-bond acceptors (Lipinski definition) is 0. The summed E-state index contributed by atoms with van der Waals surface area (Å²) in [5.41, 5.74) is 4.20. The molecule has 3 aromatic rings. The van der Waals surface area contributed by atoms with Crippen molar-refractivity contribution in [3.63, 3.8) is 0 Å². The van der Waals surface area contributed by atoms with Crippen LogP contribution in [0.15, 0.2) is 60.7 Å². The van der Waals surface area contributed by atoms with E-state index >= 15 is 0 Å². The Balaban J connectivity index is 0.00000147. The number of halogens is 2. The van der Waals surface area contributed by atoms with Gasteiger partial charge in [-0.3, -0.25) is 0 Å². The molecule has 0 aromatic heterocycles. The van der Waals surface area contributed by atoms with E-state index in [4.69, 9.17) is 0 Å². The molecule has 0 aliphatic carbocycles. The smallest absolute Gasteiger partial charge is 1.00 e. The Morgan fingerprint density at radius 3 is 1.95 bits per heavy atom. The van der Waals surface area contributed by atoms with Gasteiger partial charge in [-0.1, -0.05) is 68.8 Å². The van der Waals surface area contributed by atoms with Crippen molar-refractivity contribution >= 4 is 10.8 Å². The average Bonchev–Trinajstić information content (AvgIpc) is 2.81. The fourth-order valence-corrected chi connectivity index (χ4v) is 2.48. The van der Waals surface area contributed by atoms with Crippen LogP contribution >= 0.6 is 0 Å². The van der Waals surface area contributed by atoms with E-state index in [1.54, 1.807) is 0 Å². The molecule has 22 heavy (non-hydrogen) atoms. The second kappa shape index (κ2) is 8.39. The van der Waals surface area contributed by atoms with Crippen LogP contribution in [0.2, 0.25) is 0 Å². The van der Waals surface area contributed by atoms with Crippen LogP contribution in [0.4, 0.5) is 0 Å². The van der Waals surface area contributed by atoms with Gasteiger partial charge in [0, 0.05) is 0 Å². The zero-order valence-corrected chi connectivity index (χ0v) is 17.0. The summed E-state index contributed by atoms with van der Waals surface area (Å²) in [5, 5.41) is 2.63. The number of fused-ring (bicyclic) bond motifs is 1. The second-order valence-electron chi connectivity index (χ2n) is 6.20. The summed E-state index contributed by atoms with van der Waals surface area (Å²) in [6.07, 6.45) is 0. The first-order valence-electron chi connectivity index (χ1n) is 6.80. The summed E-state index contributed by atoms with van der Waals surface area (Å²) < 4.78 is 0. The first-order valence-corrected chi connectivity index (χ1v) is 6.80. The molecule has 0 aliphatic rings. The maximum atomic E-state index is 2.27. The molecule has 0 bridgehead atoms. The summed E-state index contributed by atoms with van der Waals surface area (Å²) in [5.74, 6) is 0. The van der Waals surface area contributed by atoms with E-state index in [2.05, 4.69) is 81.4 Å². The van der Waals surface area contributed by atoms with Crippen molar-refractivity contribution in [2.45, 2.75) is 26.2 Å². The van der Waals surface area contributed by atoms with Crippen molar-refractivity contribution in [1.29, 1.82) is 0 Å². The van der Waals surface area contributed by atoms with E-state index in [0.29, 0.717) is 0 Å². The predicted octanol–water partition coefficient (Wildman–Crippen LogP) is -0.471. The van der Waals surface area contributed by atoms with Gasteiger partial charge in [0.1, 0.15) is 0 Å². The minimum atomic E-state index is 0. The Labute approximate surface area is 164 Å². The van der Waals surface area contributed by atoms with Gasteiger partial charge in [-0.15, -0.1) is 34.5 Å². The van der Waals surface area contributed by atoms with Gasteiger partial charge in [-0.25, -0.2) is 0 Å². The van der Waals surface area contributed by atoms with Crippen molar-refractivity contribution in [2.24, 2.45) is 0 Å². The molecule has 0 fully saturated rings. The molecule has 0 atom stereocenters. The van der Waals surface area contributed by atoms with Gasteiger partial charge in [0.25, 0.3) is 0 Å². The van der Waals surface area contributed by atoms with E-state index in [-0.39, 0.29) is 56.4 Å². The van der Waals surface area contributed by atoms with Crippen LogP contribution < -0.4 is 24.8 Å². The zero-order valence-electron chi connectivity index (χ0n) is 13.0. The normalized spacial score (nSPS) is 10.3. The van der Waals surface area contributed by atoms with Crippen molar-refractivity contribution in [2.75, 3.05) is 0 Å². The number of benzene rings is 2. The Morgan fingerprint density at radius 2 is 1.41 bits per heavy atom. The molecular formula is C19H19Cl2Zr. The largest absolute Gasteiger partial charge is 3.00 e. The molecule has 0 spiro atoms. The Morgan fingerprint density at radius 1 is 0.818 bits per heavy atom. The average molecular weight is 409 g/mol. The standard InChI is InChI=1S/C19H19.2ClH.Zr/c1-19(2,3)18-10-8-14(9-11-18)17-12-15-6-4-5-7-16(15)13-17;;;/h4-13H,1-3H3;2*1H;/q-1;;;+3/p-2. The summed E-state index contributed by atoms with van der Waals surface area (Å²) >= 11 is 0. The van der Waals surface area contributed by atoms with E-state index in [9.17, 15) is 0 Å². The SMILES string of the molecule is CC(C)(C)c1ccc(-c2cc3ccccc3[cH-]2)cc1.[Cl-].[Cl-].[Zr+3]. The zero-order chi connectivity index (χ0) is 13.5. The first kappa shape index (κ1) is 21.5. The molecule has 3 rings (SSSR count). The van der Waals surface area contributed by atoms with Crippen LogP contribution in [-0.2, 0) is 31.6 Å². The number of rotatable bonds is 1. The minimum Gasteiger partial charge on any atom is -1.00 e. The molecular weight excluding hydrogens is 390 g/mol. The van der Waals surface area contributed by atoms with Crippen molar-refractivity contribution in [3.05, 3.63) is 66.2 Å². The summed E-state index contributed by atoms with van der Waals surface area (Å²) in [7, 11) is 0. The molecule has 3 aromatic carbocycles. The summed E-state index contributed by atoms with van der Waals surface area (Å²) in [6.45, 7) is 6.75. The maximum absolute atomic E-state index is 2.27. The van der Waals surface area contributed by atoms with Gasteiger partial charge in [0.2, 0.25) is 0 Å². The fraction of sp³-hybridized carbons (Fsp3) is 0.211. The molecule has 0 unspecified atom stereocenters. The second-order valence-corrected chi connectivity index (χ2v) is 6.20. The first-order chi connectivity index (χ1) is 9.04. The minimum absolute atomic E-state index is 0. The summed E-state index contributed by atoms with van der Waals surface area (Å²) in [6, 6.07) is 22.0. The van der Waals surface area contributed by atoms with Crippen molar-refractivity contribution in [3.8, 4) is 11.1 Å². The van der Waals surface area contributed by atoms with Gasteiger partial charge in [0.15, 0.2) is 0 Å². The van der Waals surface area contributed by atoms with Crippen LogP contribution in [0.3, 0.4) is 0 Å². The van der Waals surface area contributed by atoms with Gasteiger partial charge >= 0.3 is 26.2 Å². The van der Waals surface area contributed by atoms with Crippen molar-refractivity contribution < 1.29 is 51.0 Å².